The Bertz CT molecular complexity index is 414. The van der Waals surface area contributed by atoms with Gasteiger partial charge in [0.15, 0.2) is 0 Å². The van der Waals surface area contributed by atoms with Gasteiger partial charge in [0, 0.05) is 11.1 Å². The number of benzene rings is 1. The fraction of sp³-hybridized carbons (Fsp3) is 0.125. The molecule has 1 aromatic rings. The van der Waals surface area contributed by atoms with Gasteiger partial charge in [-0.15, -0.1) is 0 Å². The Morgan fingerprint density at radius 3 is 2.50 bits per heavy atom. The molecule has 0 saturated heterocycles. The SMILES string of the molecule is Cc1c(C(N)=O)ccc([O-])c1[N+](=O)[O-]. The maximum absolute atomic E-state index is 11.1. The average Bonchev–Trinajstić information content (AvgIpc) is 2.02. The van der Waals surface area contributed by atoms with Crippen LogP contribution in [0.15, 0.2) is 12.1 Å². The van der Waals surface area contributed by atoms with E-state index in [4.69, 9.17) is 5.73 Å². The number of carbonyl (C=O) groups is 1. The lowest BCUT2D eigenvalue weighted by atomic mass is 10.1. The summed E-state index contributed by atoms with van der Waals surface area (Å²) in [6.45, 7) is 1.32. The molecule has 0 atom stereocenters. The first-order valence-corrected chi connectivity index (χ1v) is 3.70. The molecule has 14 heavy (non-hydrogen) atoms. The molecule has 0 saturated carbocycles. The second-order valence-corrected chi connectivity index (χ2v) is 2.71. The van der Waals surface area contributed by atoms with Crippen LogP contribution in [0.5, 0.6) is 5.75 Å². The average molecular weight is 195 g/mol. The number of hydrogen-bond acceptors (Lipinski definition) is 4. The van der Waals surface area contributed by atoms with E-state index >= 15 is 0 Å². The van der Waals surface area contributed by atoms with Gasteiger partial charge < -0.3 is 10.8 Å². The van der Waals surface area contributed by atoms with Crippen molar-refractivity contribution < 1.29 is 14.8 Å². The summed E-state index contributed by atoms with van der Waals surface area (Å²) in [7, 11) is 0. The molecule has 0 spiro atoms. The van der Waals surface area contributed by atoms with Gasteiger partial charge in [0.2, 0.25) is 5.91 Å². The van der Waals surface area contributed by atoms with Crippen LogP contribution in [0.25, 0.3) is 0 Å². The lowest BCUT2D eigenvalue weighted by molar-refractivity contribution is -0.398. The number of nitrogens with two attached hydrogens (primary N) is 1. The summed E-state index contributed by atoms with van der Waals surface area (Å²) < 4.78 is 0. The number of nitro benzene ring substituents is 1. The van der Waals surface area contributed by atoms with Crippen LogP contribution in [0.3, 0.4) is 0 Å². The molecule has 1 rings (SSSR count). The van der Waals surface area contributed by atoms with Crippen LogP contribution in [-0.4, -0.2) is 10.8 Å². The van der Waals surface area contributed by atoms with Crippen LogP contribution >= 0.6 is 0 Å². The Labute approximate surface area is 79.1 Å². The van der Waals surface area contributed by atoms with Gasteiger partial charge in [-0.05, 0) is 18.7 Å². The Hall–Kier alpha value is -2.11. The highest BCUT2D eigenvalue weighted by Crippen LogP contribution is 2.29. The highest BCUT2D eigenvalue weighted by molar-refractivity contribution is 5.95. The van der Waals surface area contributed by atoms with Gasteiger partial charge in [0.05, 0.1) is 4.92 Å². The number of hydrogen-bond donors (Lipinski definition) is 1. The lowest BCUT2D eigenvalue weighted by Crippen LogP contribution is -2.14. The maximum atomic E-state index is 11.1. The van der Waals surface area contributed by atoms with Gasteiger partial charge in [-0.2, -0.15) is 0 Å². The van der Waals surface area contributed by atoms with Crippen LogP contribution < -0.4 is 10.8 Å². The van der Waals surface area contributed by atoms with E-state index in [0.717, 1.165) is 6.07 Å². The highest BCUT2D eigenvalue weighted by atomic mass is 16.6. The van der Waals surface area contributed by atoms with Crippen molar-refractivity contribution in [1.82, 2.24) is 0 Å². The molecule has 0 bridgehead atoms. The van der Waals surface area contributed by atoms with Gasteiger partial charge in [0.25, 0.3) is 5.69 Å². The third-order valence-corrected chi connectivity index (χ3v) is 1.84. The summed E-state index contributed by atoms with van der Waals surface area (Å²) in [5.74, 6) is -1.51. The second kappa shape index (κ2) is 3.33. The third-order valence-electron chi connectivity index (χ3n) is 1.84. The van der Waals surface area contributed by atoms with Gasteiger partial charge in [-0.3, -0.25) is 14.9 Å². The molecule has 6 nitrogen and oxygen atoms in total. The van der Waals surface area contributed by atoms with E-state index in [0.29, 0.717) is 0 Å². The Kier molecular flexibility index (Phi) is 2.37. The van der Waals surface area contributed by atoms with Gasteiger partial charge >= 0.3 is 0 Å². The van der Waals surface area contributed by atoms with Crippen LogP contribution in [-0.2, 0) is 0 Å². The smallest absolute Gasteiger partial charge is 0.265 e. The minimum absolute atomic E-state index is 0.00343. The van der Waals surface area contributed by atoms with Crippen molar-refractivity contribution in [2.24, 2.45) is 5.73 Å². The zero-order valence-electron chi connectivity index (χ0n) is 7.31. The van der Waals surface area contributed by atoms with Crippen molar-refractivity contribution in [3.05, 3.63) is 33.4 Å². The van der Waals surface area contributed by atoms with Gasteiger partial charge in [-0.1, -0.05) is 6.07 Å². The number of amides is 1. The molecular formula is C8H7N2O4-. The summed E-state index contributed by atoms with van der Waals surface area (Å²) in [4.78, 5) is 20.5. The molecular weight excluding hydrogens is 188 g/mol. The van der Waals surface area contributed by atoms with E-state index in [1.54, 1.807) is 0 Å². The van der Waals surface area contributed by atoms with E-state index in [9.17, 15) is 20.0 Å². The highest BCUT2D eigenvalue weighted by Gasteiger charge is 2.17. The number of nitro groups is 1. The third kappa shape index (κ3) is 1.49. The topological polar surface area (TPSA) is 109 Å². The minimum Gasteiger partial charge on any atom is -0.868 e. The van der Waals surface area contributed by atoms with Crippen molar-refractivity contribution in [2.45, 2.75) is 6.92 Å². The van der Waals surface area contributed by atoms with Crippen molar-refractivity contribution >= 4 is 11.6 Å². The number of primary amides is 1. The monoisotopic (exact) mass is 195 g/mol. The van der Waals surface area contributed by atoms with Gasteiger partial charge in [0.1, 0.15) is 0 Å². The van der Waals surface area contributed by atoms with E-state index in [2.05, 4.69) is 0 Å². The predicted octanol–water partition coefficient (Wildman–Crippen LogP) is 0.0757. The molecule has 0 radical (unpaired) electrons. The Morgan fingerprint density at radius 1 is 1.50 bits per heavy atom. The summed E-state index contributed by atoms with van der Waals surface area (Å²) in [6, 6.07) is 2.15. The van der Waals surface area contributed by atoms with E-state index in [1.165, 1.54) is 13.0 Å². The summed E-state index contributed by atoms with van der Waals surface area (Å²) >= 11 is 0. The number of nitrogens with zero attached hydrogens (tertiary/aromatic N) is 1. The van der Waals surface area contributed by atoms with Crippen molar-refractivity contribution in [1.29, 1.82) is 0 Å². The fourth-order valence-electron chi connectivity index (χ4n) is 1.17. The van der Waals surface area contributed by atoms with E-state index in [1.807, 2.05) is 0 Å². The van der Waals surface area contributed by atoms with Crippen molar-refractivity contribution in [2.75, 3.05) is 0 Å². The standard InChI is InChI=1S/C8H8N2O4/c1-4-5(8(9)12)2-3-6(11)7(4)10(13)14/h2-3,11H,1H3,(H2,9,12)/p-1. The molecule has 0 unspecified atom stereocenters. The quantitative estimate of drug-likeness (QED) is 0.532. The number of carbonyl (C=O) groups excluding carboxylic acids is 1. The first-order chi connectivity index (χ1) is 6.45. The molecule has 0 aliphatic carbocycles. The largest absolute Gasteiger partial charge is 0.868 e. The molecule has 0 aliphatic heterocycles. The Balaban J connectivity index is 3.49. The molecule has 0 aromatic heterocycles. The van der Waals surface area contributed by atoms with E-state index < -0.39 is 22.3 Å². The molecule has 1 aromatic carbocycles. The van der Waals surface area contributed by atoms with Crippen molar-refractivity contribution in [3.63, 3.8) is 0 Å². The van der Waals surface area contributed by atoms with Crippen LogP contribution in [0.2, 0.25) is 0 Å². The molecule has 0 aliphatic rings. The Morgan fingerprint density at radius 2 is 2.07 bits per heavy atom. The summed E-state index contributed by atoms with van der Waals surface area (Å²) in [6.07, 6.45) is 0. The van der Waals surface area contributed by atoms with Gasteiger partial charge in [-0.25, -0.2) is 0 Å². The summed E-state index contributed by atoms with van der Waals surface area (Å²) in [5.41, 5.74) is 4.38. The molecule has 74 valence electrons. The molecule has 0 heterocycles. The maximum Gasteiger partial charge on any atom is 0.265 e. The normalized spacial score (nSPS) is 9.79. The van der Waals surface area contributed by atoms with Crippen LogP contribution in [0, 0.1) is 17.0 Å². The zero-order chi connectivity index (χ0) is 10.9. The second-order valence-electron chi connectivity index (χ2n) is 2.71. The molecule has 1 amide bonds. The first kappa shape index (κ1) is 9.97. The minimum atomic E-state index is -0.815. The lowest BCUT2D eigenvalue weighted by Gasteiger charge is -2.10. The predicted molar refractivity (Wildman–Crippen MR) is 45.8 cm³/mol. The first-order valence-electron chi connectivity index (χ1n) is 3.70. The fourth-order valence-corrected chi connectivity index (χ4v) is 1.17. The summed E-state index contributed by atoms with van der Waals surface area (Å²) in [5, 5.41) is 21.5. The molecule has 2 N–H and O–H groups in total. The molecule has 0 fully saturated rings. The number of rotatable bonds is 2. The molecule has 6 heteroatoms. The van der Waals surface area contributed by atoms with Crippen LogP contribution in [0.4, 0.5) is 5.69 Å². The van der Waals surface area contributed by atoms with Crippen LogP contribution in [0.1, 0.15) is 15.9 Å². The van der Waals surface area contributed by atoms with Crippen molar-refractivity contribution in [3.8, 4) is 5.75 Å². The zero-order valence-corrected chi connectivity index (χ0v) is 7.31. The van der Waals surface area contributed by atoms with E-state index in [-0.39, 0.29) is 11.1 Å².